The Labute approximate surface area is 117 Å². The van der Waals surface area contributed by atoms with Crippen LogP contribution in [0.5, 0.6) is 5.75 Å². The van der Waals surface area contributed by atoms with Crippen LogP contribution < -0.4 is 9.64 Å². The molecular formula is C16H27NO2. The molecule has 0 aromatic heterocycles. The molecule has 0 saturated heterocycles. The maximum absolute atomic E-state index is 10.0. The van der Waals surface area contributed by atoms with Crippen LogP contribution in [0.25, 0.3) is 0 Å². The van der Waals surface area contributed by atoms with Gasteiger partial charge in [-0.3, -0.25) is 0 Å². The molecule has 0 heterocycles. The second kappa shape index (κ2) is 7.39. The second-order valence-electron chi connectivity index (χ2n) is 5.12. The Morgan fingerprint density at radius 1 is 1.26 bits per heavy atom. The Hall–Kier alpha value is -1.22. The average Bonchev–Trinajstić information content (AvgIpc) is 2.43. The number of anilines is 1. The van der Waals surface area contributed by atoms with Gasteiger partial charge in [-0.05, 0) is 31.9 Å². The second-order valence-corrected chi connectivity index (χ2v) is 5.12. The van der Waals surface area contributed by atoms with Crippen LogP contribution in [-0.2, 0) is 0 Å². The molecule has 0 aliphatic carbocycles. The van der Waals surface area contributed by atoms with Crippen molar-refractivity contribution < 1.29 is 9.84 Å². The summed E-state index contributed by atoms with van der Waals surface area (Å²) in [4.78, 5) is 2.32. The summed E-state index contributed by atoms with van der Waals surface area (Å²) < 4.78 is 5.39. The molecule has 0 bridgehead atoms. The van der Waals surface area contributed by atoms with Gasteiger partial charge in [0.15, 0.2) is 0 Å². The molecule has 0 spiro atoms. The van der Waals surface area contributed by atoms with E-state index in [-0.39, 0.29) is 0 Å². The van der Waals surface area contributed by atoms with Crippen LogP contribution in [0.15, 0.2) is 18.2 Å². The highest BCUT2D eigenvalue weighted by Crippen LogP contribution is 2.34. The Balaban J connectivity index is 3.15. The van der Waals surface area contributed by atoms with E-state index in [1.807, 2.05) is 12.1 Å². The van der Waals surface area contributed by atoms with E-state index in [2.05, 4.69) is 31.7 Å². The molecule has 0 saturated carbocycles. The van der Waals surface area contributed by atoms with Crippen LogP contribution in [0.3, 0.4) is 0 Å². The monoisotopic (exact) mass is 265 g/mol. The molecule has 19 heavy (non-hydrogen) atoms. The van der Waals surface area contributed by atoms with Crippen molar-refractivity contribution in [3.63, 3.8) is 0 Å². The predicted octanol–water partition coefficient (Wildman–Crippen LogP) is 3.62. The maximum Gasteiger partial charge on any atom is 0.126 e. The first-order valence-electron chi connectivity index (χ1n) is 7.14. The molecule has 1 unspecified atom stereocenters. The van der Waals surface area contributed by atoms with Gasteiger partial charge in [0.2, 0.25) is 0 Å². The smallest absolute Gasteiger partial charge is 0.126 e. The van der Waals surface area contributed by atoms with Gasteiger partial charge in [-0.15, -0.1) is 0 Å². The van der Waals surface area contributed by atoms with Crippen LogP contribution >= 0.6 is 0 Å². The lowest BCUT2D eigenvalue weighted by Gasteiger charge is -2.30. The third-order valence-corrected chi connectivity index (χ3v) is 3.63. The highest BCUT2D eigenvalue weighted by molar-refractivity contribution is 5.60. The van der Waals surface area contributed by atoms with Crippen molar-refractivity contribution >= 4 is 5.69 Å². The summed E-state index contributed by atoms with van der Waals surface area (Å²) in [6.45, 7) is 10.3. The molecule has 0 amide bonds. The highest BCUT2D eigenvalue weighted by atomic mass is 16.5. The summed E-state index contributed by atoms with van der Waals surface area (Å²) in [5.74, 6) is 1.39. The summed E-state index contributed by atoms with van der Waals surface area (Å²) in [6.07, 6.45) is 0.627. The Kier molecular flexibility index (Phi) is 6.16. The summed E-state index contributed by atoms with van der Waals surface area (Å²) in [7, 11) is 1.65. The molecule has 1 aromatic carbocycles. The van der Waals surface area contributed by atoms with Crippen molar-refractivity contribution in [3.05, 3.63) is 23.8 Å². The number of benzene rings is 1. The van der Waals surface area contributed by atoms with E-state index in [1.54, 1.807) is 14.0 Å². The predicted molar refractivity (Wildman–Crippen MR) is 81.0 cm³/mol. The quantitative estimate of drug-likeness (QED) is 0.817. The van der Waals surface area contributed by atoms with Crippen molar-refractivity contribution in [3.8, 4) is 5.75 Å². The van der Waals surface area contributed by atoms with Crippen LogP contribution in [-0.4, -0.2) is 25.3 Å². The minimum Gasteiger partial charge on any atom is -0.496 e. The van der Waals surface area contributed by atoms with Crippen molar-refractivity contribution in [2.45, 2.75) is 40.2 Å². The molecule has 0 aliphatic heterocycles. The molecule has 108 valence electrons. The molecule has 1 N–H and O–H groups in total. The zero-order chi connectivity index (χ0) is 14.4. The lowest BCUT2D eigenvalue weighted by Crippen LogP contribution is -2.29. The fourth-order valence-electron chi connectivity index (χ4n) is 2.31. The molecule has 0 fully saturated rings. The minimum absolute atomic E-state index is 0.530. The number of hydrogen-bond donors (Lipinski definition) is 1. The summed E-state index contributed by atoms with van der Waals surface area (Å²) in [6, 6.07) is 5.96. The fraction of sp³-hybridized carbons (Fsp3) is 0.625. The van der Waals surface area contributed by atoms with Gasteiger partial charge in [0, 0.05) is 24.3 Å². The molecule has 0 radical (unpaired) electrons. The number of ether oxygens (including phenoxy) is 1. The van der Waals surface area contributed by atoms with E-state index < -0.39 is 6.10 Å². The zero-order valence-corrected chi connectivity index (χ0v) is 12.8. The number of methoxy groups -OCH3 is 1. The SMILES string of the molecule is CCC(C)CN(CC)c1cccc(OC)c1[C@@H](C)O. The lowest BCUT2D eigenvalue weighted by molar-refractivity contribution is 0.194. The van der Waals surface area contributed by atoms with E-state index in [0.29, 0.717) is 5.92 Å². The van der Waals surface area contributed by atoms with E-state index in [1.165, 1.54) is 0 Å². The largest absolute Gasteiger partial charge is 0.496 e. The van der Waals surface area contributed by atoms with Crippen LogP contribution in [0, 0.1) is 5.92 Å². The topological polar surface area (TPSA) is 32.7 Å². The fourth-order valence-corrected chi connectivity index (χ4v) is 2.31. The van der Waals surface area contributed by atoms with Gasteiger partial charge >= 0.3 is 0 Å². The molecule has 1 rings (SSSR count). The minimum atomic E-state index is -0.530. The number of hydrogen-bond acceptors (Lipinski definition) is 3. The molecule has 0 aliphatic rings. The number of aliphatic hydroxyl groups is 1. The highest BCUT2D eigenvalue weighted by Gasteiger charge is 2.18. The van der Waals surface area contributed by atoms with Gasteiger partial charge < -0.3 is 14.7 Å². The molecule has 3 nitrogen and oxygen atoms in total. The van der Waals surface area contributed by atoms with Crippen LogP contribution in [0.2, 0.25) is 0 Å². The summed E-state index contributed by atoms with van der Waals surface area (Å²) in [5, 5.41) is 10.0. The standard InChI is InChI=1S/C16H27NO2/c1-6-12(3)11-17(7-2)14-9-8-10-15(19-5)16(14)13(4)18/h8-10,12-13,18H,6-7,11H2,1-5H3/t12?,13-/m1/s1. The lowest BCUT2D eigenvalue weighted by atomic mass is 10.0. The average molecular weight is 265 g/mol. The van der Waals surface area contributed by atoms with Gasteiger partial charge in [-0.1, -0.05) is 26.3 Å². The third kappa shape index (κ3) is 3.87. The van der Waals surface area contributed by atoms with Gasteiger partial charge in [0.05, 0.1) is 13.2 Å². The first kappa shape index (κ1) is 15.8. The van der Waals surface area contributed by atoms with Gasteiger partial charge in [0.25, 0.3) is 0 Å². The van der Waals surface area contributed by atoms with Crippen molar-refractivity contribution in [2.24, 2.45) is 5.92 Å². The van der Waals surface area contributed by atoms with Crippen molar-refractivity contribution in [1.82, 2.24) is 0 Å². The van der Waals surface area contributed by atoms with Crippen LogP contribution in [0.1, 0.15) is 45.8 Å². The molecule has 1 aromatic rings. The Bertz CT molecular complexity index is 390. The van der Waals surface area contributed by atoms with Gasteiger partial charge in [-0.2, -0.15) is 0 Å². The summed E-state index contributed by atoms with van der Waals surface area (Å²) in [5.41, 5.74) is 1.97. The van der Waals surface area contributed by atoms with E-state index in [0.717, 1.165) is 36.5 Å². The molecule has 3 heteroatoms. The normalized spacial score (nSPS) is 14.0. The molecular weight excluding hydrogens is 238 g/mol. The first-order valence-corrected chi connectivity index (χ1v) is 7.14. The van der Waals surface area contributed by atoms with Gasteiger partial charge in [0.1, 0.15) is 5.75 Å². The number of rotatable bonds is 7. The Morgan fingerprint density at radius 2 is 1.95 bits per heavy atom. The van der Waals surface area contributed by atoms with Gasteiger partial charge in [-0.25, -0.2) is 0 Å². The number of aliphatic hydroxyl groups excluding tert-OH is 1. The van der Waals surface area contributed by atoms with Crippen molar-refractivity contribution in [1.29, 1.82) is 0 Å². The zero-order valence-electron chi connectivity index (χ0n) is 12.8. The first-order chi connectivity index (χ1) is 9.04. The van der Waals surface area contributed by atoms with E-state index >= 15 is 0 Å². The third-order valence-electron chi connectivity index (χ3n) is 3.63. The maximum atomic E-state index is 10.0. The van der Waals surface area contributed by atoms with Crippen molar-refractivity contribution in [2.75, 3.05) is 25.1 Å². The molecule has 2 atom stereocenters. The van der Waals surface area contributed by atoms with Crippen LogP contribution in [0.4, 0.5) is 5.69 Å². The van der Waals surface area contributed by atoms with E-state index in [4.69, 9.17) is 4.74 Å². The number of nitrogens with zero attached hydrogens (tertiary/aromatic N) is 1. The summed E-state index contributed by atoms with van der Waals surface area (Å²) >= 11 is 0. The Morgan fingerprint density at radius 3 is 2.42 bits per heavy atom. The van der Waals surface area contributed by atoms with E-state index in [9.17, 15) is 5.11 Å².